The van der Waals surface area contributed by atoms with Gasteiger partial charge in [0.15, 0.2) is 9.84 Å². The highest BCUT2D eigenvalue weighted by molar-refractivity contribution is 7.91. The van der Waals surface area contributed by atoms with Crippen molar-refractivity contribution in [1.82, 2.24) is 5.32 Å². The Morgan fingerprint density at radius 1 is 1.18 bits per heavy atom. The Morgan fingerprint density at radius 3 is 2.32 bits per heavy atom. The van der Waals surface area contributed by atoms with Crippen molar-refractivity contribution in [1.29, 1.82) is 0 Å². The van der Waals surface area contributed by atoms with Gasteiger partial charge < -0.3 is 19.5 Å². The summed E-state index contributed by atoms with van der Waals surface area (Å²) in [6, 6.07) is 5.85. The number of nitrogens with one attached hydrogen (secondary N) is 1. The van der Waals surface area contributed by atoms with Crippen LogP contribution in [-0.4, -0.2) is 52.1 Å². The second-order valence-corrected chi connectivity index (χ2v) is 11.5. The molecular formula is C24H34FNO7S. The molecule has 2 rings (SSSR count). The largest absolute Gasteiger partial charge is 0.489 e. The molecular weight excluding hydrogens is 465 g/mol. The fraction of sp³-hybridized carbons (Fsp3) is 0.583. The average Bonchev–Trinajstić information content (AvgIpc) is 2.74. The number of hydrogen-bond acceptors (Lipinski definition) is 7. The molecule has 8 nitrogen and oxygen atoms in total. The summed E-state index contributed by atoms with van der Waals surface area (Å²) in [6.07, 6.45) is 2.93. The van der Waals surface area contributed by atoms with Crippen molar-refractivity contribution >= 4 is 21.9 Å². The average molecular weight is 500 g/mol. The lowest BCUT2D eigenvalue weighted by atomic mass is 9.66. The molecule has 1 aromatic rings. The minimum Gasteiger partial charge on any atom is -0.489 e. The van der Waals surface area contributed by atoms with E-state index in [1.165, 1.54) is 31.4 Å². The van der Waals surface area contributed by atoms with Gasteiger partial charge in [0.05, 0.1) is 29.5 Å². The molecule has 190 valence electrons. The number of carbonyl (C=O) groups excluding carboxylic acids is 2. The van der Waals surface area contributed by atoms with Crippen LogP contribution in [0, 0.1) is 5.41 Å². The third kappa shape index (κ3) is 8.00. The van der Waals surface area contributed by atoms with E-state index in [1.807, 2.05) is 0 Å². The standard InChI is InChI=1S/C24H34FNO7S/c1-23(2,3)33-22(28)26-16-18(15-25)17-32-19-7-9-20(10-8-19)34(29,30)14-6-13-24(11-5-12-24)21(27)31-4/h7-10,15H,5-6,11-14,16-17H2,1-4H3,(H,26,28)/b18-15+. The summed E-state index contributed by atoms with van der Waals surface area (Å²) in [5.41, 5.74) is -1.03. The smallest absolute Gasteiger partial charge is 0.407 e. The molecule has 0 aliphatic heterocycles. The van der Waals surface area contributed by atoms with Crippen molar-refractivity contribution in [2.24, 2.45) is 5.41 Å². The SMILES string of the molecule is COC(=O)C1(CCCS(=O)(=O)c2ccc(OC/C(=C/F)CNC(=O)OC(C)(C)C)cc2)CCC1. The van der Waals surface area contributed by atoms with Crippen molar-refractivity contribution in [2.75, 3.05) is 26.0 Å². The number of carbonyl (C=O) groups is 2. The van der Waals surface area contributed by atoms with E-state index >= 15 is 0 Å². The van der Waals surface area contributed by atoms with Gasteiger partial charge in [0.2, 0.25) is 0 Å². The van der Waals surface area contributed by atoms with E-state index < -0.39 is 26.9 Å². The Labute approximate surface area is 200 Å². The Kier molecular flexibility index (Phi) is 9.49. The second kappa shape index (κ2) is 11.7. The topological polar surface area (TPSA) is 108 Å². The van der Waals surface area contributed by atoms with E-state index in [-0.39, 0.29) is 35.3 Å². The van der Waals surface area contributed by atoms with Crippen molar-refractivity contribution in [2.45, 2.75) is 63.4 Å². The summed E-state index contributed by atoms with van der Waals surface area (Å²) in [4.78, 5) is 23.8. The van der Waals surface area contributed by atoms with E-state index in [4.69, 9.17) is 14.2 Å². The third-order valence-corrected chi connectivity index (χ3v) is 7.43. The first-order valence-corrected chi connectivity index (χ1v) is 12.8. The number of amides is 1. The fourth-order valence-electron chi connectivity index (χ4n) is 3.63. The van der Waals surface area contributed by atoms with E-state index in [2.05, 4.69) is 5.32 Å². The van der Waals surface area contributed by atoms with Gasteiger partial charge in [-0.25, -0.2) is 17.6 Å². The number of halogens is 1. The van der Waals surface area contributed by atoms with Crippen LogP contribution in [0.5, 0.6) is 5.75 Å². The van der Waals surface area contributed by atoms with Gasteiger partial charge in [-0.05, 0) is 70.7 Å². The second-order valence-electron chi connectivity index (χ2n) is 9.43. The van der Waals surface area contributed by atoms with Crippen LogP contribution in [0.15, 0.2) is 41.1 Å². The first kappa shape index (κ1) is 27.6. The Balaban J connectivity index is 1.84. The number of hydrogen-bond donors (Lipinski definition) is 1. The van der Waals surface area contributed by atoms with E-state index in [9.17, 15) is 22.4 Å². The maximum Gasteiger partial charge on any atom is 0.407 e. The zero-order chi connectivity index (χ0) is 25.4. The van der Waals surface area contributed by atoms with Crippen LogP contribution in [0.1, 0.15) is 52.9 Å². The molecule has 0 atom stereocenters. The van der Waals surface area contributed by atoms with Gasteiger partial charge >= 0.3 is 12.1 Å². The van der Waals surface area contributed by atoms with Gasteiger partial charge in [0.1, 0.15) is 18.0 Å². The van der Waals surface area contributed by atoms with Crippen molar-refractivity contribution in [3.8, 4) is 5.75 Å². The Bertz CT molecular complexity index is 978. The van der Waals surface area contributed by atoms with Crippen molar-refractivity contribution in [3.05, 3.63) is 36.2 Å². The predicted octanol–water partition coefficient (Wildman–Crippen LogP) is 4.34. The zero-order valence-corrected chi connectivity index (χ0v) is 21.0. The normalized spacial score (nSPS) is 15.7. The summed E-state index contributed by atoms with van der Waals surface area (Å²) >= 11 is 0. The number of rotatable bonds is 11. The molecule has 1 fully saturated rings. The number of ether oxygens (including phenoxy) is 3. The summed E-state index contributed by atoms with van der Waals surface area (Å²) in [5, 5.41) is 2.45. The van der Waals surface area contributed by atoms with Gasteiger partial charge in [0.25, 0.3) is 0 Å². The molecule has 1 aromatic carbocycles. The summed E-state index contributed by atoms with van der Waals surface area (Å²) in [6.45, 7) is 4.94. The van der Waals surface area contributed by atoms with E-state index in [1.54, 1.807) is 20.8 Å². The summed E-state index contributed by atoms with van der Waals surface area (Å²) in [7, 11) is -2.17. The molecule has 1 saturated carbocycles. The van der Waals surface area contributed by atoms with Crippen LogP contribution in [0.2, 0.25) is 0 Å². The lowest BCUT2D eigenvalue weighted by Gasteiger charge is -2.38. The molecule has 0 heterocycles. The minimum atomic E-state index is -3.53. The van der Waals surface area contributed by atoms with Crippen LogP contribution in [0.25, 0.3) is 0 Å². The Morgan fingerprint density at radius 2 is 1.82 bits per heavy atom. The summed E-state index contributed by atoms with van der Waals surface area (Å²) in [5.74, 6) is 0.0205. The van der Waals surface area contributed by atoms with E-state index in [0.717, 1.165) is 19.3 Å². The lowest BCUT2D eigenvalue weighted by molar-refractivity contribution is -0.159. The van der Waals surface area contributed by atoms with Crippen molar-refractivity contribution < 1.29 is 36.6 Å². The number of sulfone groups is 1. The van der Waals surface area contributed by atoms with Gasteiger partial charge in [0, 0.05) is 12.1 Å². The van der Waals surface area contributed by atoms with Gasteiger partial charge in [-0.1, -0.05) is 6.42 Å². The number of benzene rings is 1. The highest BCUT2D eigenvalue weighted by Crippen LogP contribution is 2.45. The first-order chi connectivity index (χ1) is 15.9. The Hall–Kier alpha value is -2.62. The molecule has 0 saturated heterocycles. The van der Waals surface area contributed by atoms with Gasteiger partial charge in [-0.15, -0.1) is 0 Å². The monoisotopic (exact) mass is 499 g/mol. The molecule has 1 aliphatic rings. The van der Waals surface area contributed by atoms with E-state index in [0.29, 0.717) is 24.9 Å². The quantitative estimate of drug-likeness (QED) is 0.451. The summed E-state index contributed by atoms with van der Waals surface area (Å²) < 4.78 is 53.9. The number of methoxy groups -OCH3 is 1. The molecule has 0 unspecified atom stereocenters. The molecule has 0 aromatic heterocycles. The molecule has 34 heavy (non-hydrogen) atoms. The van der Waals surface area contributed by atoms with Crippen LogP contribution in [0.3, 0.4) is 0 Å². The highest BCUT2D eigenvalue weighted by Gasteiger charge is 2.44. The maximum absolute atomic E-state index is 13.1. The van der Waals surface area contributed by atoms with Crippen LogP contribution in [0.4, 0.5) is 9.18 Å². The van der Waals surface area contributed by atoms with Crippen LogP contribution < -0.4 is 10.1 Å². The molecule has 1 aliphatic carbocycles. The zero-order valence-electron chi connectivity index (χ0n) is 20.2. The lowest BCUT2D eigenvalue weighted by Crippen LogP contribution is -2.39. The first-order valence-electron chi connectivity index (χ1n) is 11.2. The van der Waals surface area contributed by atoms with Crippen LogP contribution in [-0.2, 0) is 24.1 Å². The molecule has 1 N–H and O–H groups in total. The molecule has 10 heteroatoms. The molecule has 1 amide bonds. The van der Waals surface area contributed by atoms with Gasteiger partial charge in [-0.2, -0.15) is 0 Å². The molecule has 0 spiro atoms. The fourth-order valence-corrected chi connectivity index (χ4v) is 4.95. The van der Waals surface area contributed by atoms with Crippen LogP contribution >= 0.6 is 0 Å². The molecule has 0 radical (unpaired) electrons. The minimum absolute atomic E-state index is 0.0724. The van der Waals surface area contributed by atoms with Gasteiger partial charge in [-0.3, -0.25) is 4.79 Å². The third-order valence-electron chi connectivity index (χ3n) is 5.62. The van der Waals surface area contributed by atoms with Crippen molar-refractivity contribution in [3.63, 3.8) is 0 Å². The maximum atomic E-state index is 13.1. The molecule has 0 bridgehead atoms. The number of esters is 1. The number of alkyl carbamates (subject to hydrolysis) is 1. The predicted molar refractivity (Wildman–Crippen MR) is 125 cm³/mol. The highest BCUT2D eigenvalue weighted by atomic mass is 32.2.